The lowest BCUT2D eigenvalue weighted by Crippen LogP contribution is -2.44. The van der Waals surface area contributed by atoms with Gasteiger partial charge in [-0.25, -0.2) is 4.79 Å². The summed E-state index contributed by atoms with van der Waals surface area (Å²) < 4.78 is 4.93. The van der Waals surface area contributed by atoms with Gasteiger partial charge in [0.05, 0.1) is 41.9 Å². The number of carbonyl (C=O) groups excluding carboxylic acids is 4. The van der Waals surface area contributed by atoms with Gasteiger partial charge in [-0.15, -0.1) is 0 Å². The Bertz CT molecular complexity index is 1140. The van der Waals surface area contributed by atoms with Gasteiger partial charge in [-0.2, -0.15) is 0 Å². The van der Waals surface area contributed by atoms with E-state index in [0.29, 0.717) is 9.92 Å². The molecule has 0 bridgehead atoms. The van der Waals surface area contributed by atoms with E-state index in [1.165, 1.54) is 25.1 Å². The van der Waals surface area contributed by atoms with Gasteiger partial charge < -0.3 is 10.1 Å². The van der Waals surface area contributed by atoms with E-state index in [0.717, 1.165) is 0 Å². The van der Waals surface area contributed by atoms with Crippen LogP contribution >= 0.6 is 69.6 Å². The summed E-state index contributed by atoms with van der Waals surface area (Å²) in [5.74, 6) is -3.57. The third kappa shape index (κ3) is 4.51. The van der Waals surface area contributed by atoms with Gasteiger partial charge in [0.2, 0.25) is 0 Å². The SMILES string of the molecule is C[C@H](C(=O)OCC(=O)Nc1cc(Cl)ccc1Cl)N1C(=O)c2c(Cl)c(Cl)c(Cl)c(Cl)c2C1=O. The fourth-order valence-electron chi connectivity index (χ4n) is 2.86. The molecule has 7 nitrogen and oxygen atoms in total. The number of hydrogen-bond acceptors (Lipinski definition) is 5. The van der Waals surface area contributed by atoms with Crippen molar-refractivity contribution in [3.8, 4) is 0 Å². The number of nitrogens with zero attached hydrogens (tertiary/aromatic N) is 1. The second-order valence-electron chi connectivity index (χ2n) is 6.44. The number of benzene rings is 2. The molecular weight excluding hydrogens is 549 g/mol. The highest BCUT2D eigenvalue weighted by Crippen LogP contribution is 2.45. The van der Waals surface area contributed by atoms with E-state index in [-0.39, 0.29) is 41.9 Å². The van der Waals surface area contributed by atoms with Crippen LogP contribution in [0.15, 0.2) is 18.2 Å². The first kappa shape index (κ1) is 24.9. The molecule has 0 saturated carbocycles. The lowest BCUT2D eigenvalue weighted by atomic mass is 10.1. The number of rotatable bonds is 5. The number of carbonyl (C=O) groups is 4. The number of esters is 1. The van der Waals surface area contributed by atoms with Crippen molar-refractivity contribution < 1.29 is 23.9 Å². The summed E-state index contributed by atoms with van der Waals surface area (Å²) in [6.07, 6.45) is 0. The molecule has 0 aromatic heterocycles. The van der Waals surface area contributed by atoms with E-state index in [9.17, 15) is 19.2 Å². The Morgan fingerprint density at radius 1 is 0.938 bits per heavy atom. The van der Waals surface area contributed by atoms with Crippen molar-refractivity contribution >= 4 is 99.0 Å². The summed E-state index contributed by atoms with van der Waals surface area (Å²) in [6.45, 7) is 0.523. The summed E-state index contributed by atoms with van der Waals surface area (Å²) in [6, 6.07) is 3.01. The second-order valence-corrected chi connectivity index (χ2v) is 8.80. The molecule has 0 aliphatic carbocycles. The number of nitrogens with one attached hydrogen (secondary N) is 1. The summed E-state index contributed by atoms with van der Waals surface area (Å²) >= 11 is 35.9. The Morgan fingerprint density at radius 2 is 1.47 bits per heavy atom. The number of anilines is 1. The maximum Gasteiger partial charge on any atom is 0.329 e. The molecular formula is C19H10Cl6N2O5. The number of ether oxygens (including phenoxy) is 1. The minimum atomic E-state index is -1.41. The predicted octanol–water partition coefficient (Wildman–Crippen LogP) is 5.77. The predicted molar refractivity (Wildman–Crippen MR) is 122 cm³/mol. The van der Waals surface area contributed by atoms with Crippen LogP contribution in [0.3, 0.4) is 0 Å². The zero-order valence-corrected chi connectivity index (χ0v) is 20.3. The van der Waals surface area contributed by atoms with E-state index in [1.807, 2.05) is 0 Å². The minimum absolute atomic E-state index is 0.202. The molecule has 0 radical (unpaired) electrons. The van der Waals surface area contributed by atoms with Crippen molar-refractivity contribution in [1.29, 1.82) is 0 Å². The van der Waals surface area contributed by atoms with Gasteiger partial charge in [-0.1, -0.05) is 69.6 Å². The molecule has 2 aromatic rings. The lowest BCUT2D eigenvalue weighted by Gasteiger charge is -2.20. The summed E-state index contributed by atoms with van der Waals surface area (Å²) in [5, 5.41) is 2.04. The van der Waals surface area contributed by atoms with Gasteiger partial charge in [-0.3, -0.25) is 19.3 Å². The quantitative estimate of drug-likeness (QED) is 0.217. The van der Waals surface area contributed by atoms with Crippen LogP contribution in [0.5, 0.6) is 0 Å². The van der Waals surface area contributed by atoms with Crippen molar-refractivity contribution in [2.75, 3.05) is 11.9 Å². The van der Waals surface area contributed by atoms with Gasteiger partial charge >= 0.3 is 5.97 Å². The largest absolute Gasteiger partial charge is 0.454 e. The highest BCUT2D eigenvalue weighted by molar-refractivity contribution is 6.55. The van der Waals surface area contributed by atoms with Gasteiger partial charge in [0.25, 0.3) is 17.7 Å². The topological polar surface area (TPSA) is 92.8 Å². The minimum Gasteiger partial charge on any atom is -0.454 e. The Morgan fingerprint density at radius 3 is 2.00 bits per heavy atom. The fraction of sp³-hybridized carbons (Fsp3) is 0.158. The number of imide groups is 1. The van der Waals surface area contributed by atoms with Crippen LogP contribution < -0.4 is 5.32 Å². The summed E-state index contributed by atoms with van der Waals surface area (Å²) in [7, 11) is 0. The molecule has 0 unspecified atom stereocenters. The molecule has 3 amide bonds. The van der Waals surface area contributed by atoms with E-state index >= 15 is 0 Å². The molecule has 0 spiro atoms. The number of hydrogen-bond donors (Lipinski definition) is 1. The number of fused-ring (bicyclic) bond motifs is 1. The standard InChI is InChI=1S/C19H10Cl6N2O5/c1-6(19(31)32-5-10(28)26-9-4-7(20)2-3-8(9)21)27-17(29)11-12(18(27)30)14(23)16(25)15(24)13(11)22/h2-4,6H,5H2,1H3,(H,26,28)/t6-/m1/s1. The third-order valence-corrected chi connectivity index (χ3v) is 6.78. The molecule has 1 aliphatic rings. The van der Waals surface area contributed by atoms with E-state index in [1.54, 1.807) is 0 Å². The van der Waals surface area contributed by atoms with Crippen LogP contribution in [-0.4, -0.2) is 41.2 Å². The molecule has 168 valence electrons. The molecule has 2 aromatic carbocycles. The van der Waals surface area contributed by atoms with Crippen molar-refractivity contribution in [3.05, 3.63) is 59.5 Å². The van der Waals surface area contributed by atoms with Crippen LogP contribution in [0.25, 0.3) is 0 Å². The van der Waals surface area contributed by atoms with Crippen LogP contribution in [0, 0.1) is 0 Å². The molecule has 1 N–H and O–H groups in total. The molecule has 1 atom stereocenters. The Labute approximate surface area is 211 Å². The molecule has 3 rings (SSSR count). The molecule has 13 heteroatoms. The Kier molecular flexibility index (Phi) is 7.49. The van der Waals surface area contributed by atoms with E-state index in [4.69, 9.17) is 74.3 Å². The van der Waals surface area contributed by atoms with E-state index in [2.05, 4.69) is 5.32 Å². The highest BCUT2D eigenvalue weighted by Gasteiger charge is 2.45. The fourth-order valence-corrected chi connectivity index (χ4v) is 4.21. The second kappa shape index (κ2) is 9.63. The van der Waals surface area contributed by atoms with Crippen LogP contribution in [0.1, 0.15) is 27.6 Å². The smallest absolute Gasteiger partial charge is 0.329 e. The van der Waals surface area contributed by atoms with Crippen LogP contribution in [0.2, 0.25) is 30.1 Å². The maximum absolute atomic E-state index is 12.8. The van der Waals surface area contributed by atoms with E-state index < -0.39 is 36.3 Å². The molecule has 32 heavy (non-hydrogen) atoms. The Hall–Kier alpha value is -1.74. The van der Waals surface area contributed by atoms with Crippen LogP contribution in [-0.2, 0) is 14.3 Å². The molecule has 0 saturated heterocycles. The van der Waals surface area contributed by atoms with Crippen LogP contribution in [0.4, 0.5) is 5.69 Å². The zero-order valence-electron chi connectivity index (χ0n) is 15.8. The summed E-state index contributed by atoms with van der Waals surface area (Å²) in [5.41, 5.74) is -0.334. The number of amides is 3. The maximum atomic E-state index is 12.8. The molecule has 1 heterocycles. The van der Waals surface area contributed by atoms with Crippen molar-refractivity contribution in [2.24, 2.45) is 0 Å². The zero-order chi connectivity index (χ0) is 23.9. The van der Waals surface area contributed by atoms with Crippen molar-refractivity contribution in [2.45, 2.75) is 13.0 Å². The summed E-state index contributed by atoms with van der Waals surface area (Å²) in [4.78, 5) is 50.7. The molecule has 1 aliphatic heterocycles. The molecule has 0 fully saturated rings. The van der Waals surface area contributed by atoms with Gasteiger partial charge in [-0.05, 0) is 25.1 Å². The van der Waals surface area contributed by atoms with Gasteiger partial charge in [0.15, 0.2) is 6.61 Å². The lowest BCUT2D eigenvalue weighted by molar-refractivity contribution is -0.150. The van der Waals surface area contributed by atoms with Crippen molar-refractivity contribution in [1.82, 2.24) is 4.90 Å². The highest BCUT2D eigenvalue weighted by atomic mass is 35.5. The van der Waals surface area contributed by atoms with Gasteiger partial charge in [0, 0.05) is 5.02 Å². The van der Waals surface area contributed by atoms with Crippen molar-refractivity contribution in [3.63, 3.8) is 0 Å². The first-order valence-electron chi connectivity index (χ1n) is 8.61. The first-order valence-corrected chi connectivity index (χ1v) is 10.9. The first-order chi connectivity index (χ1) is 15.0. The average molecular weight is 559 g/mol. The normalized spacial score (nSPS) is 13.8. The monoisotopic (exact) mass is 556 g/mol. The third-order valence-electron chi connectivity index (χ3n) is 4.41. The Balaban J connectivity index is 1.72. The number of halogens is 6. The van der Waals surface area contributed by atoms with Gasteiger partial charge in [0.1, 0.15) is 6.04 Å². The average Bonchev–Trinajstić information content (AvgIpc) is 3.01.